The average Bonchev–Trinajstić information content (AvgIpc) is 2.90. The Morgan fingerprint density at radius 3 is 3.00 bits per heavy atom. The van der Waals surface area contributed by atoms with Crippen LogP contribution in [-0.4, -0.2) is 73.6 Å². The lowest BCUT2D eigenvalue weighted by Gasteiger charge is -2.24. The highest BCUT2D eigenvalue weighted by Gasteiger charge is 2.37. The predicted octanol–water partition coefficient (Wildman–Crippen LogP) is -0.365. The van der Waals surface area contributed by atoms with Gasteiger partial charge in [-0.05, 0) is 45.3 Å². The molecular formula is C14H26N4O. The summed E-state index contributed by atoms with van der Waals surface area (Å²) < 4.78 is 0. The fraction of sp³-hybridized carbons (Fsp3) is 0.929. The maximum absolute atomic E-state index is 12.2. The van der Waals surface area contributed by atoms with Gasteiger partial charge in [0, 0.05) is 31.7 Å². The molecule has 3 aliphatic heterocycles. The van der Waals surface area contributed by atoms with Crippen molar-refractivity contribution in [3.63, 3.8) is 0 Å². The van der Waals surface area contributed by atoms with Crippen LogP contribution in [-0.2, 0) is 4.79 Å². The maximum Gasteiger partial charge on any atom is 0.234 e. The van der Waals surface area contributed by atoms with Crippen molar-refractivity contribution in [2.45, 2.75) is 37.8 Å². The van der Waals surface area contributed by atoms with Crippen LogP contribution < -0.4 is 10.6 Å². The maximum atomic E-state index is 12.2. The van der Waals surface area contributed by atoms with E-state index in [1.54, 1.807) is 0 Å². The van der Waals surface area contributed by atoms with Gasteiger partial charge in [-0.3, -0.25) is 14.6 Å². The second kappa shape index (κ2) is 6.20. The van der Waals surface area contributed by atoms with E-state index in [1.165, 1.54) is 25.9 Å². The van der Waals surface area contributed by atoms with E-state index >= 15 is 0 Å². The van der Waals surface area contributed by atoms with Crippen LogP contribution in [0.5, 0.6) is 0 Å². The van der Waals surface area contributed by atoms with Gasteiger partial charge in [-0.15, -0.1) is 0 Å². The number of nitrogens with one attached hydrogen (secondary N) is 2. The molecule has 3 heterocycles. The summed E-state index contributed by atoms with van der Waals surface area (Å²) in [4.78, 5) is 17.0. The summed E-state index contributed by atoms with van der Waals surface area (Å²) in [5.41, 5.74) is 0. The number of hydrogen-bond acceptors (Lipinski definition) is 4. The van der Waals surface area contributed by atoms with Crippen LogP contribution in [0.1, 0.15) is 25.7 Å². The lowest BCUT2D eigenvalue weighted by atomic mass is 10.1. The molecule has 108 valence electrons. The molecular weight excluding hydrogens is 240 g/mol. The van der Waals surface area contributed by atoms with Crippen molar-refractivity contribution in [3.05, 3.63) is 0 Å². The third kappa shape index (κ3) is 3.27. The van der Waals surface area contributed by atoms with E-state index in [-0.39, 0.29) is 5.91 Å². The van der Waals surface area contributed by atoms with Crippen LogP contribution in [0, 0.1) is 0 Å². The van der Waals surface area contributed by atoms with E-state index in [9.17, 15) is 4.79 Å². The summed E-state index contributed by atoms with van der Waals surface area (Å²) in [5.74, 6) is 0.223. The fourth-order valence-electron chi connectivity index (χ4n) is 3.77. The summed E-state index contributed by atoms with van der Waals surface area (Å²) in [6.45, 7) is 7.10. The van der Waals surface area contributed by atoms with E-state index in [0.29, 0.717) is 18.6 Å². The molecule has 1 amide bonds. The zero-order valence-electron chi connectivity index (χ0n) is 11.7. The molecule has 0 spiro atoms. The topological polar surface area (TPSA) is 47.6 Å². The summed E-state index contributed by atoms with van der Waals surface area (Å²) in [6.07, 6.45) is 4.85. The minimum Gasteiger partial charge on any atom is -0.351 e. The van der Waals surface area contributed by atoms with E-state index in [0.717, 1.165) is 39.0 Å². The van der Waals surface area contributed by atoms with Gasteiger partial charge in [-0.25, -0.2) is 0 Å². The summed E-state index contributed by atoms with van der Waals surface area (Å²) >= 11 is 0. The molecule has 2 unspecified atom stereocenters. The minimum atomic E-state index is 0.223. The first-order valence-electron chi connectivity index (χ1n) is 7.79. The molecule has 3 aliphatic rings. The quantitative estimate of drug-likeness (QED) is 0.732. The van der Waals surface area contributed by atoms with Gasteiger partial charge in [0.2, 0.25) is 5.91 Å². The van der Waals surface area contributed by atoms with Crippen LogP contribution >= 0.6 is 0 Å². The van der Waals surface area contributed by atoms with Crippen molar-refractivity contribution in [3.8, 4) is 0 Å². The predicted molar refractivity (Wildman–Crippen MR) is 75.1 cm³/mol. The number of hydrogen-bond donors (Lipinski definition) is 2. The lowest BCUT2D eigenvalue weighted by molar-refractivity contribution is -0.123. The van der Waals surface area contributed by atoms with Gasteiger partial charge in [0.15, 0.2) is 0 Å². The molecule has 3 saturated heterocycles. The summed E-state index contributed by atoms with van der Waals surface area (Å²) in [5, 5.41) is 6.65. The normalized spacial score (nSPS) is 33.1. The highest BCUT2D eigenvalue weighted by atomic mass is 16.2. The van der Waals surface area contributed by atoms with Crippen molar-refractivity contribution in [1.29, 1.82) is 0 Å². The Balaban J connectivity index is 1.45. The molecule has 2 atom stereocenters. The standard InChI is InChI=1S/C14H26N4O/c19-14(11-17-7-2-5-15-6-10-17)16-12-4-9-18-8-1-3-13(12)18/h12-13,15H,1-11H2,(H,16,19). The zero-order valence-corrected chi connectivity index (χ0v) is 11.7. The second-order valence-corrected chi connectivity index (χ2v) is 6.09. The Hall–Kier alpha value is -0.650. The third-order valence-electron chi connectivity index (χ3n) is 4.75. The van der Waals surface area contributed by atoms with E-state index in [2.05, 4.69) is 20.4 Å². The summed E-state index contributed by atoms with van der Waals surface area (Å²) in [7, 11) is 0. The molecule has 5 heteroatoms. The smallest absolute Gasteiger partial charge is 0.234 e. The number of carbonyl (C=O) groups is 1. The van der Waals surface area contributed by atoms with Crippen LogP contribution in [0.4, 0.5) is 0 Å². The van der Waals surface area contributed by atoms with Crippen molar-refractivity contribution < 1.29 is 4.79 Å². The first-order chi connectivity index (χ1) is 9.33. The monoisotopic (exact) mass is 266 g/mol. The Bertz CT molecular complexity index is 315. The molecule has 19 heavy (non-hydrogen) atoms. The Kier molecular flexibility index (Phi) is 4.35. The number of amides is 1. The summed E-state index contributed by atoms with van der Waals surface area (Å²) in [6, 6.07) is 1.02. The molecule has 2 N–H and O–H groups in total. The van der Waals surface area contributed by atoms with Crippen LogP contribution in [0.15, 0.2) is 0 Å². The lowest BCUT2D eigenvalue weighted by Crippen LogP contribution is -2.46. The number of fused-ring (bicyclic) bond motifs is 1. The highest BCUT2D eigenvalue weighted by molar-refractivity contribution is 5.78. The molecule has 0 saturated carbocycles. The molecule has 0 aromatic rings. The molecule has 0 aliphatic carbocycles. The van der Waals surface area contributed by atoms with Crippen molar-refractivity contribution >= 4 is 5.91 Å². The first-order valence-corrected chi connectivity index (χ1v) is 7.79. The molecule has 0 bridgehead atoms. The van der Waals surface area contributed by atoms with Gasteiger partial charge in [0.1, 0.15) is 0 Å². The van der Waals surface area contributed by atoms with Crippen LogP contribution in [0.25, 0.3) is 0 Å². The van der Waals surface area contributed by atoms with E-state index in [4.69, 9.17) is 0 Å². The molecule has 0 aromatic carbocycles. The Morgan fingerprint density at radius 1 is 1.11 bits per heavy atom. The molecule has 0 radical (unpaired) electrons. The van der Waals surface area contributed by atoms with Crippen molar-refractivity contribution in [1.82, 2.24) is 20.4 Å². The minimum absolute atomic E-state index is 0.223. The van der Waals surface area contributed by atoms with Gasteiger partial charge in [-0.2, -0.15) is 0 Å². The SMILES string of the molecule is O=C(CN1CCCNCC1)NC1CCN2CCCC12. The van der Waals surface area contributed by atoms with Gasteiger partial charge in [0.25, 0.3) is 0 Å². The Labute approximate surface area is 115 Å². The molecule has 3 rings (SSSR count). The van der Waals surface area contributed by atoms with Crippen LogP contribution in [0.3, 0.4) is 0 Å². The van der Waals surface area contributed by atoms with Crippen molar-refractivity contribution in [2.24, 2.45) is 0 Å². The molecule has 5 nitrogen and oxygen atoms in total. The molecule has 3 fully saturated rings. The van der Waals surface area contributed by atoms with Crippen molar-refractivity contribution in [2.75, 3.05) is 45.8 Å². The second-order valence-electron chi connectivity index (χ2n) is 6.09. The number of nitrogens with zero attached hydrogens (tertiary/aromatic N) is 2. The van der Waals surface area contributed by atoms with E-state index < -0.39 is 0 Å². The zero-order chi connectivity index (χ0) is 13.1. The largest absolute Gasteiger partial charge is 0.351 e. The molecule has 0 aromatic heterocycles. The van der Waals surface area contributed by atoms with Gasteiger partial charge < -0.3 is 10.6 Å². The Morgan fingerprint density at radius 2 is 2.05 bits per heavy atom. The average molecular weight is 266 g/mol. The first kappa shape index (κ1) is 13.3. The van der Waals surface area contributed by atoms with Crippen LogP contribution in [0.2, 0.25) is 0 Å². The van der Waals surface area contributed by atoms with Gasteiger partial charge in [-0.1, -0.05) is 0 Å². The van der Waals surface area contributed by atoms with Gasteiger partial charge in [0.05, 0.1) is 6.54 Å². The number of rotatable bonds is 3. The number of carbonyl (C=O) groups excluding carboxylic acids is 1. The third-order valence-corrected chi connectivity index (χ3v) is 4.75. The van der Waals surface area contributed by atoms with Gasteiger partial charge >= 0.3 is 0 Å². The van der Waals surface area contributed by atoms with E-state index in [1.807, 2.05) is 0 Å². The fourth-order valence-corrected chi connectivity index (χ4v) is 3.77. The highest BCUT2D eigenvalue weighted by Crippen LogP contribution is 2.27.